The fourth-order valence-electron chi connectivity index (χ4n) is 0. The second-order valence-corrected chi connectivity index (χ2v) is 9.76. The van der Waals surface area contributed by atoms with E-state index in [1.807, 2.05) is 6.58 Å². The number of alkyl halides is 18. The molecular weight excluding hydrogens is 658 g/mol. The van der Waals surface area contributed by atoms with E-state index < -0.39 is 43.5 Å². The highest BCUT2D eigenvalue weighted by atomic mass is 35.6. The lowest BCUT2D eigenvalue weighted by atomic mass is 10.4. The predicted octanol–water partition coefficient (Wildman–Crippen LogP) is 10.8. The first-order valence-corrected chi connectivity index (χ1v) is 8.71. The summed E-state index contributed by atoms with van der Waals surface area (Å²) in [6.45, 7) is 3.50. The van der Waals surface area contributed by atoms with Gasteiger partial charge in [-0.15, -0.1) is 12.4 Å². The van der Waals surface area contributed by atoms with Crippen LogP contribution >= 0.6 is 82.0 Å². The van der Waals surface area contributed by atoms with Crippen LogP contribution in [0.1, 0.15) is 20.8 Å². The Morgan fingerprint density at radius 2 is 0.727 bits per heavy atom. The van der Waals surface area contributed by atoms with Crippen molar-refractivity contribution in [3.8, 4) is 0 Å². The third-order valence-electron chi connectivity index (χ3n) is 1.80. The van der Waals surface area contributed by atoms with Gasteiger partial charge in [0.25, 0.3) is 5.13 Å². The number of allylic oxidation sites excluding steroid dienone is 1. The summed E-state index contributed by atoms with van der Waals surface area (Å²) >= 11 is 30.8. The molecule has 0 N–H and O–H groups in total. The third kappa shape index (κ3) is 27.2. The largest absolute Gasteiger partial charge is 0.452 e. The van der Waals surface area contributed by atoms with Crippen LogP contribution in [-0.4, -0.2) is 37.7 Å². The zero-order valence-corrected chi connectivity index (χ0v) is 21.1. The van der Waals surface area contributed by atoms with Gasteiger partial charge in [0.05, 0.1) is 0 Å². The van der Waals surface area contributed by atoms with Crippen molar-refractivity contribution < 1.29 is 61.8 Å². The van der Waals surface area contributed by atoms with Crippen molar-refractivity contribution in [3.63, 3.8) is 0 Å². The lowest BCUT2D eigenvalue weighted by Gasteiger charge is -2.21. The lowest BCUT2D eigenvalue weighted by Crippen LogP contribution is -2.32. The highest BCUT2D eigenvalue weighted by Crippen LogP contribution is 2.45. The van der Waals surface area contributed by atoms with Crippen molar-refractivity contribution in [1.82, 2.24) is 0 Å². The Morgan fingerprint density at radius 1 is 0.606 bits per heavy atom. The topological polar surface area (TPSA) is 0 Å². The van der Waals surface area contributed by atoms with Crippen LogP contribution in [0.4, 0.5) is 61.8 Å². The molecule has 0 saturated heterocycles. The Hall–Kier alpha value is 0.790. The maximum atomic E-state index is 11.5. The molecule has 0 aromatic heterocycles. The zero-order chi connectivity index (χ0) is 27.1. The molecule has 208 valence electrons. The molecule has 0 heterocycles. The fourth-order valence-corrected chi connectivity index (χ4v) is 0. The first-order chi connectivity index (χ1) is 12.7. The number of rotatable bonds is 0. The molecule has 0 bridgehead atoms. The van der Waals surface area contributed by atoms with Crippen LogP contribution in [0.25, 0.3) is 0 Å². The average molecular weight is 671 g/mol. The van der Waals surface area contributed by atoms with Crippen molar-refractivity contribution in [2.75, 3.05) is 0 Å². The van der Waals surface area contributed by atoms with E-state index >= 15 is 0 Å². The van der Waals surface area contributed by atoms with Gasteiger partial charge < -0.3 is 0 Å². The molecule has 21 heteroatoms. The lowest BCUT2D eigenvalue weighted by molar-refractivity contribution is -0.273. The van der Waals surface area contributed by atoms with Gasteiger partial charge in [0, 0.05) is 6.92 Å². The number of hydrogen-bond donors (Lipinski definition) is 0. The molecule has 1 atom stereocenters. The van der Waals surface area contributed by atoms with Crippen LogP contribution in [0.2, 0.25) is 0 Å². The van der Waals surface area contributed by atoms with Crippen LogP contribution in [-0.2, 0) is 0 Å². The predicted molar refractivity (Wildman–Crippen MR) is 105 cm³/mol. The highest BCUT2D eigenvalue weighted by Gasteiger charge is 2.53. The van der Waals surface area contributed by atoms with Gasteiger partial charge in [-0.1, -0.05) is 76.2 Å². The fraction of sp³-hybridized carbons (Fsp3) is 0.833. The second kappa shape index (κ2) is 15.8. The first kappa shape index (κ1) is 47.0. The molecule has 0 amide bonds. The summed E-state index contributed by atoms with van der Waals surface area (Å²) in [7, 11) is 0. The minimum absolute atomic E-state index is 0. The molecule has 0 rings (SSSR count). The molecule has 0 saturated carbocycles. The minimum atomic E-state index is -5.40. The molecule has 0 aliphatic carbocycles. The monoisotopic (exact) mass is 668 g/mol. The number of halogens is 21. The number of hydrogen-bond acceptors (Lipinski definition) is 0. The van der Waals surface area contributed by atoms with Crippen molar-refractivity contribution in [2.24, 2.45) is 0 Å². The Kier molecular flexibility index (Phi) is 22.5. The SMILES string of the molecule is C=C(F)C(F)(F)F.CC(Cl)(Cl)C(Cl)(Cl)Cl.CC(F)(Cl)C(F)(F)F.CC(F)(F)C(F)(F)F.Cl.F. The van der Waals surface area contributed by atoms with Crippen LogP contribution in [0.5, 0.6) is 0 Å². The second-order valence-electron chi connectivity index (χ2n) is 5.06. The summed E-state index contributed by atoms with van der Waals surface area (Å²) in [4.78, 5) is 0. The Morgan fingerprint density at radius 3 is 0.727 bits per heavy atom. The summed E-state index contributed by atoms with van der Waals surface area (Å²) < 4.78 is 139. The zero-order valence-electron chi connectivity index (χ0n) is 15.7. The van der Waals surface area contributed by atoms with E-state index in [0.29, 0.717) is 0 Å². The molecule has 0 spiro atoms. The van der Waals surface area contributed by atoms with Gasteiger partial charge in [-0.05, 0) is 13.8 Å². The summed E-state index contributed by atoms with van der Waals surface area (Å²) in [5, 5.41) is -3.59. The molecule has 33 heavy (non-hydrogen) atoms. The van der Waals surface area contributed by atoms with Gasteiger partial charge in [-0.25, -0.2) is 8.78 Å². The summed E-state index contributed by atoms with van der Waals surface area (Å²) in [6.07, 6.45) is -15.2. The van der Waals surface area contributed by atoms with E-state index in [2.05, 4.69) is 11.6 Å². The van der Waals surface area contributed by atoms with Gasteiger partial charge >= 0.3 is 24.5 Å². The van der Waals surface area contributed by atoms with E-state index in [1.54, 1.807) is 0 Å². The van der Waals surface area contributed by atoms with E-state index in [0.717, 1.165) is 0 Å². The minimum Gasteiger partial charge on any atom is -0.269 e. The van der Waals surface area contributed by atoms with Crippen molar-refractivity contribution in [3.05, 3.63) is 12.4 Å². The van der Waals surface area contributed by atoms with Crippen LogP contribution in [0.3, 0.4) is 0 Å². The van der Waals surface area contributed by atoms with Crippen LogP contribution in [0, 0.1) is 0 Å². The summed E-state index contributed by atoms with van der Waals surface area (Å²) in [5.41, 5.74) is 0. The standard InChI is InChI=1S/C3H3Cl5.C3H3ClF4.C3H3F5.C3H2F4.ClH.FH/c3*1-2(4,5)3(6,7)8;1-2(4)3(5,6)7;;/h3*1H3;1H2;2*1H. The summed E-state index contributed by atoms with van der Waals surface area (Å²) in [5.74, 6) is -6.82. The summed E-state index contributed by atoms with van der Waals surface area (Å²) in [6, 6.07) is 0. The Bertz CT molecular complexity index is 423. The third-order valence-corrected chi connectivity index (χ3v) is 4.30. The van der Waals surface area contributed by atoms with Crippen molar-refractivity contribution in [2.45, 2.75) is 58.5 Å². The smallest absolute Gasteiger partial charge is 0.269 e. The van der Waals surface area contributed by atoms with E-state index in [9.17, 15) is 57.1 Å². The van der Waals surface area contributed by atoms with Gasteiger partial charge in [0.2, 0.25) is 3.79 Å². The molecule has 0 aliphatic heterocycles. The maximum Gasteiger partial charge on any atom is 0.452 e. The molecule has 0 aromatic carbocycles. The molecule has 0 aromatic rings. The van der Waals surface area contributed by atoms with Gasteiger partial charge in [-0.2, -0.15) is 48.3 Å². The maximum absolute atomic E-state index is 11.5. The van der Waals surface area contributed by atoms with Crippen molar-refractivity contribution >= 4 is 82.0 Å². The van der Waals surface area contributed by atoms with Crippen LogP contribution in [0.15, 0.2) is 12.4 Å². The van der Waals surface area contributed by atoms with Gasteiger partial charge in [0.15, 0.2) is 10.2 Å². The van der Waals surface area contributed by atoms with Gasteiger partial charge in [-0.3, -0.25) is 4.70 Å². The molecule has 0 aliphatic rings. The molecular formula is C12H13Cl7F14. The van der Waals surface area contributed by atoms with E-state index in [4.69, 9.17) is 58.0 Å². The molecule has 0 fully saturated rings. The van der Waals surface area contributed by atoms with Gasteiger partial charge in [0.1, 0.15) is 0 Å². The first-order valence-electron chi connectivity index (χ1n) is 6.44. The Balaban J connectivity index is -0.0000000723. The quantitative estimate of drug-likeness (QED) is 0.178. The van der Waals surface area contributed by atoms with Crippen LogP contribution < -0.4 is 0 Å². The molecule has 0 nitrogen and oxygen atoms in total. The van der Waals surface area contributed by atoms with Crippen molar-refractivity contribution in [1.29, 1.82) is 0 Å². The van der Waals surface area contributed by atoms with E-state index in [1.165, 1.54) is 6.92 Å². The molecule has 0 radical (unpaired) electrons. The normalized spacial score (nSPS) is 14.2. The highest BCUT2D eigenvalue weighted by molar-refractivity contribution is 6.75. The Labute approximate surface area is 214 Å². The molecule has 1 unspecified atom stereocenters. The average Bonchev–Trinajstić information content (AvgIpc) is 2.31. The van der Waals surface area contributed by atoms with E-state index in [-0.39, 0.29) is 31.0 Å².